The minimum absolute atomic E-state index is 0.400. The average molecular weight is 176 g/mol. The fraction of sp³-hybridized carbons (Fsp3) is 0.143. The molecule has 3 N–H and O–H groups in total. The molecule has 1 rings (SSSR count). The maximum absolute atomic E-state index is 12.6. The van der Waals surface area contributed by atoms with Crippen LogP contribution in [0.5, 0.6) is 11.5 Å². The zero-order valence-corrected chi connectivity index (χ0v) is 5.88. The number of phenolic OH excluding ortho intramolecular Hbond substituents is 2. The van der Waals surface area contributed by atoms with Crippen LogP contribution in [0.4, 0.5) is 8.78 Å². The largest absolute Gasteiger partial charge is 0.504 e. The van der Waals surface area contributed by atoms with Crippen molar-refractivity contribution < 1.29 is 24.1 Å². The van der Waals surface area contributed by atoms with E-state index in [9.17, 15) is 8.78 Å². The highest BCUT2D eigenvalue weighted by molar-refractivity contribution is 5.42. The van der Waals surface area contributed by atoms with Gasteiger partial charge in [-0.3, -0.25) is 0 Å². The molecule has 1 aromatic rings. The number of rotatable bonds is 1. The Bertz CT molecular complexity index is 312. The molecule has 0 saturated carbocycles. The van der Waals surface area contributed by atoms with Crippen LogP contribution >= 0.6 is 0 Å². The Kier molecular flexibility index (Phi) is 2.14. The van der Waals surface area contributed by atoms with Crippen LogP contribution in [0.1, 0.15) is 5.56 Å². The molecule has 1 aromatic carbocycles. The standard InChI is InChI=1S/C7H6F2O3/c8-5-3(2-10)1-4(11)7(12)6(5)9/h1,10-12H,2H2. The summed E-state index contributed by atoms with van der Waals surface area (Å²) >= 11 is 0. The number of aliphatic hydroxyl groups is 1. The summed E-state index contributed by atoms with van der Waals surface area (Å²) in [5.41, 5.74) is -0.400. The van der Waals surface area contributed by atoms with Crippen molar-refractivity contribution in [3.63, 3.8) is 0 Å². The molecular formula is C7H6F2O3. The van der Waals surface area contributed by atoms with E-state index in [4.69, 9.17) is 15.3 Å². The molecule has 0 radical (unpaired) electrons. The minimum atomic E-state index is -1.56. The van der Waals surface area contributed by atoms with E-state index in [0.717, 1.165) is 6.07 Å². The summed E-state index contributed by atoms with van der Waals surface area (Å²) in [6.07, 6.45) is 0. The molecule has 0 aromatic heterocycles. The predicted octanol–water partition coefficient (Wildman–Crippen LogP) is 0.868. The summed E-state index contributed by atoms with van der Waals surface area (Å²) in [6.45, 7) is -0.739. The van der Waals surface area contributed by atoms with Gasteiger partial charge in [0, 0.05) is 5.56 Å². The Hall–Kier alpha value is -1.36. The minimum Gasteiger partial charge on any atom is -0.504 e. The van der Waals surface area contributed by atoms with Crippen molar-refractivity contribution in [1.82, 2.24) is 0 Å². The van der Waals surface area contributed by atoms with Crippen molar-refractivity contribution in [1.29, 1.82) is 0 Å². The van der Waals surface area contributed by atoms with Gasteiger partial charge in [0.15, 0.2) is 17.3 Å². The number of halogens is 2. The quantitative estimate of drug-likeness (QED) is 0.556. The van der Waals surface area contributed by atoms with Crippen LogP contribution in [-0.4, -0.2) is 15.3 Å². The maximum atomic E-state index is 12.6. The molecule has 3 nitrogen and oxygen atoms in total. The van der Waals surface area contributed by atoms with Crippen LogP contribution < -0.4 is 0 Å². The number of benzene rings is 1. The van der Waals surface area contributed by atoms with Crippen molar-refractivity contribution in [3.05, 3.63) is 23.3 Å². The molecule has 0 fully saturated rings. The van der Waals surface area contributed by atoms with Crippen LogP contribution in [0.3, 0.4) is 0 Å². The molecule has 0 aliphatic heterocycles. The Morgan fingerprint density at radius 2 is 1.75 bits per heavy atom. The first kappa shape index (κ1) is 8.73. The van der Waals surface area contributed by atoms with E-state index >= 15 is 0 Å². The van der Waals surface area contributed by atoms with Crippen molar-refractivity contribution >= 4 is 0 Å². The molecule has 0 bridgehead atoms. The summed E-state index contributed by atoms with van der Waals surface area (Å²) < 4.78 is 25.2. The van der Waals surface area contributed by atoms with Crippen molar-refractivity contribution in [3.8, 4) is 11.5 Å². The number of aliphatic hydroxyl groups excluding tert-OH is 1. The van der Waals surface area contributed by atoms with Crippen molar-refractivity contribution in [2.75, 3.05) is 0 Å². The van der Waals surface area contributed by atoms with Crippen molar-refractivity contribution in [2.24, 2.45) is 0 Å². The van der Waals surface area contributed by atoms with Gasteiger partial charge in [-0.15, -0.1) is 0 Å². The molecule has 0 aliphatic rings. The fourth-order valence-electron chi connectivity index (χ4n) is 0.769. The zero-order chi connectivity index (χ0) is 9.30. The van der Waals surface area contributed by atoms with Gasteiger partial charge in [0.1, 0.15) is 0 Å². The van der Waals surface area contributed by atoms with Gasteiger partial charge in [-0.25, -0.2) is 4.39 Å². The highest BCUT2D eigenvalue weighted by Crippen LogP contribution is 2.31. The first-order chi connectivity index (χ1) is 5.57. The maximum Gasteiger partial charge on any atom is 0.204 e. The molecule has 0 amide bonds. The van der Waals surface area contributed by atoms with E-state index in [-0.39, 0.29) is 0 Å². The van der Waals surface area contributed by atoms with Crippen LogP contribution in [0.15, 0.2) is 6.07 Å². The lowest BCUT2D eigenvalue weighted by Gasteiger charge is -2.03. The molecule has 66 valence electrons. The second-order valence-corrected chi connectivity index (χ2v) is 2.19. The molecule has 0 saturated heterocycles. The zero-order valence-electron chi connectivity index (χ0n) is 5.88. The lowest BCUT2D eigenvalue weighted by molar-refractivity contribution is 0.270. The molecule has 0 atom stereocenters. The third-order valence-corrected chi connectivity index (χ3v) is 1.41. The van der Waals surface area contributed by atoms with Gasteiger partial charge in [-0.1, -0.05) is 0 Å². The lowest BCUT2D eigenvalue weighted by Crippen LogP contribution is -1.94. The second-order valence-electron chi connectivity index (χ2n) is 2.19. The normalized spacial score (nSPS) is 10.2. The van der Waals surface area contributed by atoms with Crippen LogP contribution in [0.2, 0.25) is 0 Å². The summed E-state index contributed by atoms with van der Waals surface area (Å²) in [5, 5.41) is 25.9. The van der Waals surface area contributed by atoms with Crippen LogP contribution in [0, 0.1) is 11.6 Å². The Balaban J connectivity index is 3.39. The van der Waals surface area contributed by atoms with Gasteiger partial charge in [-0.05, 0) is 6.07 Å². The van der Waals surface area contributed by atoms with Crippen molar-refractivity contribution in [2.45, 2.75) is 6.61 Å². The number of hydrogen-bond acceptors (Lipinski definition) is 3. The monoisotopic (exact) mass is 176 g/mol. The number of hydrogen-bond donors (Lipinski definition) is 3. The molecule has 5 heteroatoms. The lowest BCUT2D eigenvalue weighted by atomic mass is 10.2. The SMILES string of the molecule is OCc1cc(O)c(O)c(F)c1F. The average Bonchev–Trinajstić information content (AvgIpc) is 2.08. The van der Waals surface area contributed by atoms with Gasteiger partial charge in [0.05, 0.1) is 6.61 Å². The first-order valence-electron chi connectivity index (χ1n) is 3.07. The first-order valence-corrected chi connectivity index (χ1v) is 3.07. The molecule has 0 spiro atoms. The highest BCUT2D eigenvalue weighted by atomic mass is 19.2. The third kappa shape index (κ3) is 1.18. The predicted molar refractivity (Wildman–Crippen MR) is 35.6 cm³/mol. The van der Waals surface area contributed by atoms with E-state index < -0.39 is 35.3 Å². The molecular weight excluding hydrogens is 170 g/mol. The molecule has 12 heavy (non-hydrogen) atoms. The third-order valence-electron chi connectivity index (χ3n) is 1.41. The fourth-order valence-corrected chi connectivity index (χ4v) is 0.769. The molecule has 0 aliphatic carbocycles. The Morgan fingerprint density at radius 1 is 1.17 bits per heavy atom. The number of aromatic hydroxyl groups is 2. The molecule has 0 unspecified atom stereocenters. The van der Waals surface area contributed by atoms with Gasteiger partial charge in [0.2, 0.25) is 5.82 Å². The van der Waals surface area contributed by atoms with E-state index in [0.29, 0.717) is 0 Å². The number of phenols is 2. The van der Waals surface area contributed by atoms with E-state index in [1.54, 1.807) is 0 Å². The Morgan fingerprint density at radius 3 is 2.25 bits per heavy atom. The van der Waals surface area contributed by atoms with Gasteiger partial charge < -0.3 is 15.3 Å². The summed E-state index contributed by atoms with van der Waals surface area (Å²) in [5.74, 6) is -4.85. The van der Waals surface area contributed by atoms with Gasteiger partial charge >= 0.3 is 0 Å². The van der Waals surface area contributed by atoms with Crippen LogP contribution in [-0.2, 0) is 6.61 Å². The van der Waals surface area contributed by atoms with E-state index in [2.05, 4.69) is 0 Å². The van der Waals surface area contributed by atoms with Gasteiger partial charge in [0.25, 0.3) is 0 Å². The molecule has 0 heterocycles. The smallest absolute Gasteiger partial charge is 0.204 e. The van der Waals surface area contributed by atoms with Crippen LogP contribution in [0.25, 0.3) is 0 Å². The highest BCUT2D eigenvalue weighted by Gasteiger charge is 2.16. The topological polar surface area (TPSA) is 60.7 Å². The van der Waals surface area contributed by atoms with E-state index in [1.807, 2.05) is 0 Å². The summed E-state index contributed by atoms with van der Waals surface area (Å²) in [7, 11) is 0. The second kappa shape index (κ2) is 2.94. The summed E-state index contributed by atoms with van der Waals surface area (Å²) in [6, 6.07) is 0.758. The summed E-state index contributed by atoms with van der Waals surface area (Å²) in [4.78, 5) is 0. The van der Waals surface area contributed by atoms with Gasteiger partial charge in [-0.2, -0.15) is 4.39 Å². The van der Waals surface area contributed by atoms with E-state index in [1.165, 1.54) is 0 Å². The Labute approximate surface area is 66.5 Å².